The Balaban J connectivity index is 2.58. The molecule has 0 aromatic carbocycles. The van der Waals surface area contributed by atoms with E-state index in [2.05, 4.69) is 14.9 Å². The number of H-pyrrole nitrogens is 1. The maximum atomic E-state index is 10.3. The van der Waals surface area contributed by atoms with E-state index in [4.69, 9.17) is 16.1 Å². The lowest BCUT2D eigenvalue weighted by Crippen LogP contribution is -2.32. The van der Waals surface area contributed by atoms with Gasteiger partial charge in [-0.25, -0.2) is 4.98 Å². The minimum atomic E-state index is -1.10. The molecule has 13 heavy (non-hydrogen) atoms. The van der Waals surface area contributed by atoms with E-state index in [1.807, 2.05) is 0 Å². The average molecular weight is 187 g/mol. The van der Waals surface area contributed by atoms with Crippen molar-refractivity contribution in [3.8, 4) is 6.01 Å². The highest BCUT2D eigenvalue weighted by atomic mass is 17.1. The van der Waals surface area contributed by atoms with Crippen LogP contribution < -0.4 is 10.6 Å². The van der Waals surface area contributed by atoms with E-state index in [1.54, 1.807) is 0 Å². The van der Waals surface area contributed by atoms with Crippen LogP contribution in [0, 0.1) is 0 Å². The van der Waals surface area contributed by atoms with Crippen molar-refractivity contribution in [3.63, 3.8) is 0 Å². The predicted molar refractivity (Wildman–Crippen MR) is 41.2 cm³/mol. The van der Waals surface area contributed by atoms with Crippen LogP contribution in [0.1, 0.15) is 5.69 Å². The lowest BCUT2D eigenvalue weighted by Gasteiger charge is -2.02. The zero-order valence-electron chi connectivity index (χ0n) is 6.60. The van der Waals surface area contributed by atoms with Gasteiger partial charge in [-0.05, 0) is 0 Å². The molecule has 0 saturated heterocycles. The van der Waals surface area contributed by atoms with Gasteiger partial charge in [-0.3, -0.25) is 9.68 Å². The molecular weight excluding hydrogens is 178 g/mol. The van der Waals surface area contributed by atoms with Crippen LogP contribution in [0.4, 0.5) is 0 Å². The molecule has 0 aliphatic heterocycles. The quantitative estimate of drug-likeness (QED) is 0.362. The third kappa shape index (κ3) is 2.42. The Labute approximate surface area is 73.1 Å². The van der Waals surface area contributed by atoms with Crippen LogP contribution in [0.25, 0.3) is 0 Å². The van der Waals surface area contributed by atoms with E-state index in [9.17, 15) is 4.79 Å². The summed E-state index contributed by atoms with van der Waals surface area (Å²) in [4.78, 5) is 20.2. The highest BCUT2D eigenvalue weighted by molar-refractivity contribution is 5.73. The Bertz CT molecular complexity index is 298. The number of nitrogens with one attached hydrogen (secondary N) is 1. The third-order valence-corrected chi connectivity index (χ3v) is 1.45. The normalized spacial score (nSPS) is 12.5. The van der Waals surface area contributed by atoms with Gasteiger partial charge in [0, 0.05) is 12.1 Å². The molecule has 5 N–H and O–H groups in total. The fraction of sp³-hybridized carbons (Fsp3) is 0.333. The first-order valence-corrected chi connectivity index (χ1v) is 3.47. The van der Waals surface area contributed by atoms with E-state index in [-0.39, 0.29) is 12.4 Å². The minimum Gasteiger partial charge on any atom is -0.480 e. The van der Waals surface area contributed by atoms with Crippen LogP contribution >= 0.6 is 0 Å². The number of aliphatic carboxylic acids is 1. The van der Waals surface area contributed by atoms with Gasteiger partial charge in [-0.1, -0.05) is 0 Å². The monoisotopic (exact) mass is 187 g/mol. The van der Waals surface area contributed by atoms with Gasteiger partial charge in [-0.15, -0.1) is 0 Å². The largest absolute Gasteiger partial charge is 0.480 e. The molecule has 7 nitrogen and oxygen atoms in total. The Morgan fingerprint density at radius 2 is 2.54 bits per heavy atom. The molecule has 1 aromatic rings. The van der Waals surface area contributed by atoms with Crippen molar-refractivity contribution < 1.29 is 20.0 Å². The van der Waals surface area contributed by atoms with Crippen molar-refractivity contribution in [2.45, 2.75) is 12.5 Å². The van der Waals surface area contributed by atoms with Crippen LogP contribution in [0.5, 0.6) is 6.01 Å². The second-order valence-corrected chi connectivity index (χ2v) is 2.45. The molecule has 0 bridgehead atoms. The van der Waals surface area contributed by atoms with E-state index in [0.29, 0.717) is 5.69 Å². The maximum Gasteiger partial charge on any atom is 0.331 e. The number of aromatic nitrogens is 2. The fourth-order valence-electron chi connectivity index (χ4n) is 0.813. The van der Waals surface area contributed by atoms with E-state index in [1.165, 1.54) is 6.20 Å². The molecule has 1 heterocycles. The summed E-state index contributed by atoms with van der Waals surface area (Å²) in [6, 6.07) is -1.08. The molecule has 1 aromatic heterocycles. The van der Waals surface area contributed by atoms with Crippen molar-refractivity contribution in [1.29, 1.82) is 0 Å². The summed E-state index contributed by atoms with van der Waals surface area (Å²) in [5.41, 5.74) is 5.73. The zero-order chi connectivity index (χ0) is 9.84. The first kappa shape index (κ1) is 9.49. The van der Waals surface area contributed by atoms with Crippen molar-refractivity contribution >= 4 is 5.97 Å². The molecule has 0 radical (unpaired) electrons. The van der Waals surface area contributed by atoms with Gasteiger partial charge in [0.2, 0.25) is 0 Å². The van der Waals surface area contributed by atoms with E-state index < -0.39 is 12.0 Å². The topological polar surface area (TPSA) is 121 Å². The molecule has 0 saturated carbocycles. The van der Waals surface area contributed by atoms with Crippen LogP contribution in [0.15, 0.2) is 6.20 Å². The number of nitrogens with zero attached hydrogens (tertiary/aromatic N) is 1. The van der Waals surface area contributed by atoms with Crippen molar-refractivity contribution in [2.75, 3.05) is 0 Å². The molecule has 1 atom stereocenters. The Morgan fingerprint density at radius 3 is 3.00 bits per heavy atom. The van der Waals surface area contributed by atoms with Gasteiger partial charge in [-0.2, -0.15) is 5.26 Å². The van der Waals surface area contributed by atoms with Crippen molar-refractivity contribution in [3.05, 3.63) is 11.9 Å². The zero-order valence-corrected chi connectivity index (χ0v) is 6.60. The number of hydrogen-bond donors (Lipinski definition) is 4. The lowest BCUT2D eigenvalue weighted by atomic mass is 10.2. The van der Waals surface area contributed by atoms with Crippen molar-refractivity contribution in [1.82, 2.24) is 9.97 Å². The summed E-state index contributed by atoms with van der Waals surface area (Å²) < 4.78 is 0. The van der Waals surface area contributed by atoms with Crippen LogP contribution in [0.3, 0.4) is 0 Å². The number of carboxylic acid groups (broad SMARTS) is 1. The number of aromatic amines is 1. The second-order valence-electron chi connectivity index (χ2n) is 2.45. The first-order valence-electron chi connectivity index (χ1n) is 3.47. The van der Waals surface area contributed by atoms with Crippen LogP contribution in [-0.2, 0) is 11.2 Å². The number of rotatable bonds is 4. The van der Waals surface area contributed by atoms with Gasteiger partial charge in [0.25, 0.3) is 0 Å². The van der Waals surface area contributed by atoms with Gasteiger partial charge in [0.05, 0.1) is 6.20 Å². The molecule has 0 aliphatic rings. The molecule has 1 rings (SSSR count). The minimum absolute atomic E-state index is 0.0902. The molecule has 0 unspecified atom stereocenters. The van der Waals surface area contributed by atoms with Crippen molar-refractivity contribution in [2.24, 2.45) is 5.73 Å². The van der Waals surface area contributed by atoms with Gasteiger partial charge >= 0.3 is 12.0 Å². The third-order valence-electron chi connectivity index (χ3n) is 1.45. The molecule has 72 valence electrons. The van der Waals surface area contributed by atoms with Crippen LogP contribution in [-0.4, -0.2) is 32.3 Å². The summed E-state index contributed by atoms with van der Waals surface area (Å²) >= 11 is 0. The van der Waals surface area contributed by atoms with Crippen LogP contribution in [0.2, 0.25) is 0 Å². The van der Waals surface area contributed by atoms with Gasteiger partial charge in [0.15, 0.2) is 0 Å². The van der Waals surface area contributed by atoms with Gasteiger partial charge < -0.3 is 15.8 Å². The number of hydrogen-bond acceptors (Lipinski definition) is 5. The van der Waals surface area contributed by atoms with E-state index >= 15 is 0 Å². The summed E-state index contributed by atoms with van der Waals surface area (Å²) in [7, 11) is 0. The lowest BCUT2D eigenvalue weighted by molar-refractivity contribution is -0.145. The highest BCUT2D eigenvalue weighted by Crippen LogP contribution is 2.05. The maximum absolute atomic E-state index is 10.3. The molecular formula is C6H9N3O4. The average Bonchev–Trinajstić information content (AvgIpc) is 2.52. The molecule has 7 heteroatoms. The highest BCUT2D eigenvalue weighted by Gasteiger charge is 2.13. The summed E-state index contributed by atoms with van der Waals surface area (Å²) in [6.45, 7) is 0. The number of imidazole rings is 1. The number of carbonyl (C=O) groups is 1. The molecule has 0 aliphatic carbocycles. The summed E-state index contributed by atoms with van der Waals surface area (Å²) in [5, 5.41) is 16.6. The smallest absolute Gasteiger partial charge is 0.331 e. The Kier molecular flexibility index (Phi) is 2.83. The number of nitrogens with two attached hydrogens (primary N) is 1. The first-order chi connectivity index (χ1) is 6.13. The molecule has 0 spiro atoms. The number of carboxylic acids is 1. The van der Waals surface area contributed by atoms with Gasteiger partial charge in [0.1, 0.15) is 6.04 Å². The van der Waals surface area contributed by atoms with E-state index in [0.717, 1.165) is 0 Å². The molecule has 0 fully saturated rings. The standard InChI is InChI=1S/C6H9N3O4/c7-4(5(10)11)1-3-2-8-6(9-3)13-12/h2,4,12H,1,7H2,(H,8,9)(H,10,11)/t4-/m0/s1. The summed E-state index contributed by atoms with van der Waals surface area (Å²) in [6.07, 6.45) is 1.44. The Hall–Kier alpha value is -1.60. The SMILES string of the molecule is N[C@@H](Cc1cnc(OO)[nH]1)C(=O)O. The fourth-order valence-corrected chi connectivity index (χ4v) is 0.813. The second kappa shape index (κ2) is 3.87. The summed E-state index contributed by atoms with van der Waals surface area (Å²) in [5.74, 6) is -1.10. The Morgan fingerprint density at radius 1 is 1.85 bits per heavy atom. The predicted octanol–water partition coefficient (Wildman–Crippen LogP) is -0.784. The molecule has 0 amide bonds.